The molecular formula is C30H32O3Si. The summed E-state index contributed by atoms with van der Waals surface area (Å²) in [7, 11) is -2.91. The van der Waals surface area contributed by atoms with Crippen LogP contribution >= 0.6 is 0 Å². The first kappa shape index (κ1) is 24.1. The van der Waals surface area contributed by atoms with Gasteiger partial charge in [-0.25, -0.2) is 0 Å². The molecule has 0 heterocycles. The Morgan fingerprint density at radius 1 is 0.824 bits per heavy atom. The van der Waals surface area contributed by atoms with Gasteiger partial charge in [0.15, 0.2) is 0 Å². The van der Waals surface area contributed by atoms with Crippen LogP contribution in [0.4, 0.5) is 0 Å². The topological polar surface area (TPSA) is 43.4 Å². The molecule has 4 heteroatoms. The van der Waals surface area contributed by atoms with Crippen molar-refractivity contribution >= 4 is 35.9 Å². The highest BCUT2D eigenvalue weighted by Crippen LogP contribution is 2.33. The monoisotopic (exact) mass is 468 g/mol. The molecule has 4 rings (SSSR count). The molecule has 1 aliphatic rings. The van der Waals surface area contributed by atoms with Crippen molar-refractivity contribution in [2.45, 2.75) is 45.6 Å². The van der Waals surface area contributed by atoms with Crippen molar-refractivity contribution in [1.82, 2.24) is 0 Å². The highest BCUT2D eigenvalue weighted by molar-refractivity contribution is 7.07. The van der Waals surface area contributed by atoms with Gasteiger partial charge in [0, 0.05) is 18.8 Å². The Bertz CT molecular complexity index is 1040. The minimum atomic E-state index is -2.91. The molecule has 1 aliphatic carbocycles. The molecule has 3 aromatic carbocycles. The average molecular weight is 469 g/mol. The van der Waals surface area contributed by atoms with Crippen molar-refractivity contribution in [2.75, 3.05) is 0 Å². The number of ketones is 1. The number of Topliss-reactive ketones (excluding diaryl/α,β-unsaturated/α-hetero) is 1. The lowest BCUT2D eigenvalue weighted by Gasteiger charge is -2.39. The van der Waals surface area contributed by atoms with Gasteiger partial charge in [-0.05, 0) is 47.8 Å². The zero-order valence-electron chi connectivity index (χ0n) is 19.9. The average Bonchev–Trinajstić information content (AvgIpc) is 3.08. The highest BCUT2D eigenvalue weighted by Gasteiger charge is 2.45. The van der Waals surface area contributed by atoms with E-state index in [1.54, 1.807) is 0 Å². The van der Waals surface area contributed by atoms with Gasteiger partial charge < -0.3 is 4.43 Å². The van der Waals surface area contributed by atoms with E-state index in [2.05, 4.69) is 72.8 Å². The second kappa shape index (κ2) is 10.9. The minimum absolute atomic E-state index is 0.108. The Morgan fingerprint density at radius 2 is 1.29 bits per heavy atom. The van der Waals surface area contributed by atoms with Gasteiger partial charge >= 0.3 is 0 Å². The van der Waals surface area contributed by atoms with E-state index in [1.807, 2.05) is 32.0 Å². The van der Waals surface area contributed by atoms with E-state index in [0.717, 1.165) is 24.7 Å². The van der Waals surface area contributed by atoms with Crippen molar-refractivity contribution in [3.05, 3.63) is 102 Å². The smallest absolute Gasteiger partial charge is 0.288 e. The van der Waals surface area contributed by atoms with Crippen LogP contribution in [0.2, 0.25) is 0 Å². The number of rotatable bonds is 7. The number of carbonyl (C=O) groups excluding carboxylic acids is 2. The molecule has 0 amide bonds. The molecule has 34 heavy (non-hydrogen) atoms. The van der Waals surface area contributed by atoms with Gasteiger partial charge in [-0.15, -0.1) is 0 Å². The highest BCUT2D eigenvalue weighted by atomic mass is 28.4. The molecule has 0 spiro atoms. The van der Waals surface area contributed by atoms with E-state index < -0.39 is 8.32 Å². The maximum atomic E-state index is 12.7. The fourth-order valence-corrected chi connectivity index (χ4v) is 9.22. The second-order valence-corrected chi connectivity index (χ2v) is 12.5. The molecule has 0 radical (unpaired) electrons. The Labute approximate surface area is 203 Å². The predicted octanol–water partition coefficient (Wildman–Crippen LogP) is 4.33. The summed E-state index contributed by atoms with van der Waals surface area (Å²) in [5.41, 5.74) is 1.66. The Morgan fingerprint density at radius 3 is 1.74 bits per heavy atom. The number of benzene rings is 3. The van der Waals surface area contributed by atoms with E-state index in [-0.39, 0.29) is 17.8 Å². The summed E-state index contributed by atoms with van der Waals surface area (Å²) >= 11 is 0. The van der Waals surface area contributed by atoms with Gasteiger partial charge in [-0.2, -0.15) is 0 Å². The van der Waals surface area contributed by atoms with Gasteiger partial charge in [0.2, 0.25) is 0 Å². The number of carbonyl (C=O) groups is 2. The van der Waals surface area contributed by atoms with Gasteiger partial charge in [0.25, 0.3) is 8.32 Å². The van der Waals surface area contributed by atoms with E-state index in [9.17, 15) is 9.59 Å². The van der Waals surface area contributed by atoms with Gasteiger partial charge in [-0.1, -0.05) is 96.6 Å². The van der Waals surface area contributed by atoms with Crippen molar-refractivity contribution in [2.24, 2.45) is 5.92 Å². The number of hydrogen-bond acceptors (Lipinski definition) is 3. The first-order chi connectivity index (χ1) is 16.6. The lowest BCUT2D eigenvalue weighted by Crippen LogP contribution is -2.70. The summed E-state index contributed by atoms with van der Waals surface area (Å²) in [5.74, 6) is 0.142. The minimum Gasteiger partial charge on any atom is -0.401 e. The van der Waals surface area contributed by atoms with Crippen LogP contribution in [0.1, 0.15) is 39.5 Å². The SMILES string of the molecule is CC(C=O)=C(C)C1CC(=O)CCCC1O[Si](c1ccccc1)(c1ccccc1)c1ccccc1. The largest absolute Gasteiger partial charge is 0.401 e. The van der Waals surface area contributed by atoms with E-state index >= 15 is 0 Å². The maximum Gasteiger partial charge on any atom is 0.288 e. The van der Waals surface area contributed by atoms with Gasteiger partial charge in [0.1, 0.15) is 12.1 Å². The van der Waals surface area contributed by atoms with Gasteiger partial charge in [-0.3, -0.25) is 9.59 Å². The summed E-state index contributed by atoms with van der Waals surface area (Å²) < 4.78 is 7.43. The number of aldehydes is 1. The summed E-state index contributed by atoms with van der Waals surface area (Å²) in [6, 6.07) is 31.5. The Kier molecular flexibility index (Phi) is 7.71. The van der Waals surface area contributed by atoms with Gasteiger partial charge in [0.05, 0.1) is 6.10 Å². The fraction of sp³-hybridized carbons (Fsp3) is 0.267. The molecular weight excluding hydrogens is 436 g/mol. The first-order valence-corrected chi connectivity index (χ1v) is 14.0. The Balaban J connectivity index is 1.93. The molecule has 2 unspecified atom stereocenters. The summed E-state index contributed by atoms with van der Waals surface area (Å²) in [6.45, 7) is 3.82. The lowest BCUT2D eigenvalue weighted by molar-refractivity contribution is -0.119. The lowest BCUT2D eigenvalue weighted by atomic mass is 9.87. The zero-order chi connectivity index (χ0) is 24.0. The molecule has 0 N–H and O–H groups in total. The number of allylic oxidation sites excluding steroid dienone is 1. The molecule has 0 saturated heterocycles. The molecule has 3 aromatic rings. The third kappa shape index (κ3) is 4.89. The van der Waals surface area contributed by atoms with Crippen LogP contribution in [0, 0.1) is 5.92 Å². The van der Waals surface area contributed by atoms with Crippen molar-refractivity contribution in [3.63, 3.8) is 0 Å². The summed E-state index contributed by atoms with van der Waals surface area (Å²) in [6.07, 6.45) is 3.33. The van der Waals surface area contributed by atoms with Crippen LogP contribution in [0.25, 0.3) is 0 Å². The molecule has 1 saturated carbocycles. The van der Waals surface area contributed by atoms with Crippen molar-refractivity contribution < 1.29 is 14.0 Å². The third-order valence-electron chi connectivity index (χ3n) is 7.06. The fourth-order valence-electron chi connectivity index (χ4n) is 5.09. The first-order valence-electron chi connectivity index (χ1n) is 12.0. The molecule has 174 valence electrons. The molecule has 3 nitrogen and oxygen atoms in total. The van der Waals surface area contributed by atoms with Crippen molar-refractivity contribution in [3.8, 4) is 0 Å². The summed E-state index contributed by atoms with van der Waals surface area (Å²) in [5, 5.41) is 3.53. The van der Waals surface area contributed by atoms with Crippen LogP contribution < -0.4 is 15.6 Å². The van der Waals surface area contributed by atoms with E-state index in [0.29, 0.717) is 18.4 Å². The number of hydrogen-bond donors (Lipinski definition) is 0. The molecule has 1 fully saturated rings. The molecule has 0 bridgehead atoms. The maximum absolute atomic E-state index is 12.7. The third-order valence-corrected chi connectivity index (χ3v) is 11.2. The van der Waals surface area contributed by atoms with Crippen LogP contribution in [0.3, 0.4) is 0 Å². The standard InChI is InChI=1S/C30H32O3Si/c1-23(22-31)24(2)29-21-25(32)13-12-20-30(29)33-34(26-14-6-3-7-15-26,27-16-8-4-9-17-27)28-18-10-5-11-19-28/h3-11,14-19,22,29-30H,12-13,20-21H2,1-2H3. The van der Waals surface area contributed by atoms with Crippen LogP contribution in [0.5, 0.6) is 0 Å². The quantitative estimate of drug-likeness (QED) is 0.170. The normalized spacial score (nSPS) is 19.8. The zero-order valence-corrected chi connectivity index (χ0v) is 20.9. The Hall–Kier alpha value is -3.08. The van der Waals surface area contributed by atoms with E-state index in [4.69, 9.17) is 4.43 Å². The van der Waals surface area contributed by atoms with Crippen LogP contribution in [0.15, 0.2) is 102 Å². The van der Waals surface area contributed by atoms with Crippen LogP contribution in [-0.2, 0) is 14.0 Å². The second-order valence-electron chi connectivity index (χ2n) is 9.16. The van der Waals surface area contributed by atoms with E-state index in [1.165, 1.54) is 15.6 Å². The molecule has 0 aliphatic heterocycles. The van der Waals surface area contributed by atoms with Crippen molar-refractivity contribution in [1.29, 1.82) is 0 Å². The summed E-state index contributed by atoms with van der Waals surface area (Å²) in [4.78, 5) is 24.3. The van der Waals surface area contributed by atoms with Crippen LogP contribution in [-0.4, -0.2) is 26.5 Å². The molecule has 0 aromatic heterocycles. The predicted molar refractivity (Wildman–Crippen MR) is 140 cm³/mol. The molecule has 2 atom stereocenters.